The van der Waals surface area contributed by atoms with Crippen LogP contribution in [0.1, 0.15) is 29.6 Å². The summed E-state index contributed by atoms with van der Waals surface area (Å²) in [6, 6.07) is 2.14. The first-order chi connectivity index (χ1) is 8.56. The lowest BCUT2D eigenvalue weighted by Gasteiger charge is -2.15. The van der Waals surface area contributed by atoms with Gasteiger partial charge in [-0.05, 0) is 24.8 Å². The van der Waals surface area contributed by atoms with Crippen molar-refractivity contribution in [3.8, 4) is 0 Å². The minimum Gasteiger partial charge on any atom is -0.481 e. The zero-order valence-corrected chi connectivity index (χ0v) is 9.59. The molecular formula is C12H13NO5. The molecule has 2 N–H and O–H groups in total. The first-order valence-corrected chi connectivity index (χ1v) is 5.68. The van der Waals surface area contributed by atoms with Gasteiger partial charge in [-0.2, -0.15) is 0 Å². The van der Waals surface area contributed by atoms with E-state index in [0.717, 1.165) is 25.2 Å². The number of nitrogens with one attached hydrogen (secondary N) is 1. The van der Waals surface area contributed by atoms with Crippen molar-refractivity contribution in [2.45, 2.75) is 25.3 Å². The van der Waals surface area contributed by atoms with E-state index in [1.807, 2.05) is 0 Å². The average molecular weight is 251 g/mol. The van der Waals surface area contributed by atoms with Crippen LogP contribution in [-0.4, -0.2) is 23.0 Å². The standard InChI is InChI=1S/C12H13NO5/c14-10(15)5-9(7-1-2-7)13-12(17)8-3-4-11(16)18-6-8/h3-4,6-7,9H,1-2,5H2,(H,13,17)(H,14,15). The maximum absolute atomic E-state index is 11.8. The first-order valence-electron chi connectivity index (χ1n) is 5.68. The number of carboxylic acids is 1. The summed E-state index contributed by atoms with van der Waals surface area (Å²) < 4.78 is 4.59. The Kier molecular flexibility index (Phi) is 3.45. The maximum atomic E-state index is 11.8. The van der Waals surface area contributed by atoms with Gasteiger partial charge in [-0.3, -0.25) is 9.59 Å². The zero-order valence-electron chi connectivity index (χ0n) is 9.59. The van der Waals surface area contributed by atoms with Crippen molar-refractivity contribution in [3.05, 3.63) is 34.4 Å². The van der Waals surface area contributed by atoms with Crippen LogP contribution in [-0.2, 0) is 4.79 Å². The molecule has 0 spiro atoms. The van der Waals surface area contributed by atoms with Gasteiger partial charge in [-0.25, -0.2) is 4.79 Å². The van der Waals surface area contributed by atoms with Crippen LogP contribution in [0.2, 0.25) is 0 Å². The third-order valence-electron chi connectivity index (χ3n) is 2.87. The van der Waals surface area contributed by atoms with Crippen molar-refractivity contribution >= 4 is 11.9 Å². The molecule has 1 aromatic heterocycles. The highest BCUT2D eigenvalue weighted by molar-refractivity contribution is 5.94. The molecule has 0 bridgehead atoms. The molecule has 2 rings (SSSR count). The van der Waals surface area contributed by atoms with Gasteiger partial charge in [-0.15, -0.1) is 0 Å². The molecule has 18 heavy (non-hydrogen) atoms. The number of hydrogen-bond donors (Lipinski definition) is 2. The predicted molar refractivity (Wildman–Crippen MR) is 61.2 cm³/mol. The van der Waals surface area contributed by atoms with Crippen LogP contribution in [0.15, 0.2) is 27.6 Å². The SMILES string of the molecule is O=C(O)CC(NC(=O)c1ccc(=O)oc1)C1CC1. The average Bonchev–Trinajstić information content (AvgIpc) is 3.12. The second-order valence-corrected chi connectivity index (χ2v) is 4.36. The van der Waals surface area contributed by atoms with E-state index in [-0.39, 0.29) is 23.9 Å². The zero-order chi connectivity index (χ0) is 13.1. The Balaban J connectivity index is 2.02. The molecule has 0 radical (unpaired) electrons. The lowest BCUT2D eigenvalue weighted by molar-refractivity contribution is -0.137. The highest BCUT2D eigenvalue weighted by Crippen LogP contribution is 2.34. The highest BCUT2D eigenvalue weighted by Gasteiger charge is 2.33. The lowest BCUT2D eigenvalue weighted by atomic mass is 10.1. The molecule has 1 aliphatic carbocycles. The number of aliphatic carboxylic acids is 1. The molecule has 1 fully saturated rings. The van der Waals surface area contributed by atoms with Crippen LogP contribution in [0.5, 0.6) is 0 Å². The summed E-state index contributed by atoms with van der Waals surface area (Å²) in [6.07, 6.45) is 2.85. The van der Waals surface area contributed by atoms with Crippen LogP contribution in [0.25, 0.3) is 0 Å². The maximum Gasteiger partial charge on any atom is 0.335 e. The van der Waals surface area contributed by atoms with E-state index in [1.165, 1.54) is 6.07 Å². The summed E-state index contributed by atoms with van der Waals surface area (Å²) in [6.45, 7) is 0. The van der Waals surface area contributed by atoms with E-state index < -0.39 is 17.5 Å². The number of carbonyl (C=O) groups is 2. The van der Waals surface area contributed by atoms with E-state index >= 15 is 0 Å². The molecular weight excluding hydrogens is 238 g/mol. The number of amides is 1. The minimum atomic E-state index is -0.938. The van der Waals surface area contributed by atoms with Gasteiger partial charge in [0.25, 0.3) is 5.91 Å². The number of hydrogen-bond acceptors (Lipinski definition) is 4. The van der Waals surface area contributed by atoms with Gasteiger partial charge >= 0.3 is 11.6 Å². The Labute approximate surface area is 103 Å². The molecule has 96 valence electrons. The van der Waals surface area contributed by atoms with Crippen LogP contribution < -0.4 is 10.9 Å². The van der Waals surface area contributed by atoms with Gasteiger partial charge in [0, 0.05) is 12.1 Å². The summed E-state index contributed by atoms with van der Waals surface area (Å²) in [7, 11) is 0. The predicted octanol–water partition coefficient (Wildman–Crippen LogP) is 0.623. The Morgan fingerprint density at radius 3 is 2.67 bits per heavy atom. The molecule has 0 aliphatic heterocycles. The lowest BCUT2D eigenvalue weighted by Crippen LogP contribution is -2.38. The summed E-state index contributed by atoms with van der Waals surface area (Å²) in [5.41, 5.74) is -0.318. The van der Waals surface area contributed by atoms with Gasteiger partial charge in [0.05, 0.1) is 12.0 Å². The van der Waals surface area contributed by atoms with Gasteiger partial charge in [0.1, 0.15) is 6.26 Å². The molecule has 1 aliphatic rings. The van der Waals surface area contributed by atoms with Crippen molar-refractivity contribution in [1.29, 1.82) is 0 Å². The highest BCUT2D eigenvalue weighted by atomic mass is 16.4. The Hall–Kier alpha value is -2.11. The van der Waals surface area contributed by atoms with Gasteiger partial charge in [-0.1, -0.05) is 0 Å². The van der Waals surface area contributed by atoms with Gasteiger partial charge in [0.2, 0.25) is 0 Å². The van der Waals surface area contributed by atoms with Gasteiger partial charge in [0.15, 0.2) is 0 Å². The third-order valence-corrected chi connectivity index (χ3v) is 2.87. The number of carboxylic acid groups (broad SMARTS) is 1. The minimum absolute atomic E-state index is 0.0901. The Morgan fingerprint density at radius 2 is 2.17 bits per heavy atom. The van der Waals surface area contributed by atoms with E-state index in [1.54, 1.807) is 0 Å². The van der Waals surface area contributed by atoms with E-state index in [4.69, 9.17) is 5.11 Å². The fraction of sp³-hybridized carbons (Fsp3) is 0.417. The van der Waals surface area contributed by atoms with E-state index in [0.29, 0.717) is 0 Å². The first kappa shape index (κ1) is 12.3. The Morgan fingerprint density at radius 1 is 1.44 bits per heavy atom. The van der Waals surface area contributed by atoms with Crippen molar-refractivity contribution in [1.82, 2.24) is 5.32 Å². The molecule has 1 atom stereocenters. The van der Waals surface area contributed by atoms with E-state index in [9.17, 15) is 14.4 Å². The molecule has 1 aromatic rings. The smallest absolute Gasteiger partial charge is 0.335 e. The van der Waals surface area contributed by atoms with Crippen LogP contribution in [0.4, 0.5) is 0 Å². The summed E-state index contributed by atoms with van der Waals surface area (Å²) in [4.78, 5) is 33.3. The molecule has 0 saturated heterocycles. The molecule has 0 aromatic carbocycles. The number of rotatable bonds is 5. The molecule has 1 heterocycles. The quantitative estimate of drug-likeness (QED) is 0.799. The van der Waals surface area contributed by atoms with Crippen LogP contribution in [0, 0.1) is 5.92 Å². The summed E-state index contributed by atoms with van der Waals surface area (Å²) in [5, 5.41) is 11.4. The van der Waals surface area contributed by atoms with Crippen LogP contribution in [0.3, 0.4) is 0 Å². The molecule has 1 unspecified atom stereocenters. The monoisotopic (exact) mass is 251 g/mol. The fourth-order valence-electron chi connectivity index (χ4n) is 1.76. The van der Waals surface area contributed by atoms with Crippen molar-refractivity contribution < 1.29 is 19.1 Å². The molecule has 6 nitrogen and oxygen atoms in total. The molecule has 6 heteroatoms. The summed E-state index contributed by atoms with van der Waals surface area (Å²) in [5.74, 6) is -1.12. The second kappa shape index (κ2) is 5.03. The van der Waals surface area contributed by atoms with Crippen molar-refractivity contribution in [2.24, 2.45) is 5.92 Å². The largest absolute Gasteiger partial charge is 0.481 e. The second-order valence-electron chi connectivity index (χ2n) is 4.36. The fourth-order valence-corrected chi connectivity index (χ4v) is 1.76. The molecule has 1 amide bonds. The Bertz CT molecular complexity index is 497. The third kappa shape index (κ3) is 3.19. The van der Waals surface area contributed by atoms with Crippen molar-refractivity contribution in [2.75, 3.05) is 0 Å². The summed E-state index contributed by atoms with van der Waals surface area (Å²) >= 11 is 0. The topological polar surface area (TPSA) is 96.6 Å². The van der Waals surface area contributed by atoms with Gasteiger partial charge < -0.3 is 14.8 Å². The molecule has 1 saturated carbocycles. The van der Waals surface area contributed by atoms with Crippen LogP contribution >= 0.6 is 0 Å². The normalized spacial score (nSPS) is 16.0. The van der Waals surface area contributed by atoms with Crippen molar-refractivity contribution in [3.63, 3.8) is 0 Å². The van der Waals surface area contributed by atoms with E-state index in [2.05, 4.69) is 9.73 Å². The number of carbonyl (C=O) groups excluding carboxylic acids is 1.